The van der Waals surface area contributed by atoms with E-state index >= 15 is 0 Å². The lowest BCUT2D eigenvalue weighted by atomic mass is 9.90. The molecule has 1 aromatic heterocycles. The van der Waals surface area contributed by atoms with Crippen molar-refractivity contribution in [3.63, 3.8) is 0 Å². The van der Waals surface area contributed by atoms with E-state index < -0.39 is 6.29 Å². The van der Waals surface area contributed by atoms with E-state index in [9.17, 15) is 15.0 Å². The molecule has 1 atom stereocenters. The van der Waals surface area contributed by atoms with Crippen molar-refractivity contribution in [2.45, 2.75) is 44.9 Å². The molecule has 0 spiro atoms. The Bertz CT molecular complexity index is 696. The van der Waals surface area contributed by atoms with Gasteiger partial charge in [-0.2, -0.15) is 0 Å². The van der Waals surface area contributed by atoms with Crippen LogP contribution in [0.3, 0.4) is 0 Å². The van der Waals surface area contributed by atoms with Crippen molar-refractivity contribution in [1.82, 2.24) is 4.57 Å². The van der Waals surface area contributed by atoms with Crippen molar-refractivity contribution >= 4 is 0 Å². The number of allylic oxidation sites excluding steroid dienone is 4. The fraction of sp³-hybridized carbons (Fsp3) is 0.526. The first-order chi connectivity index (χ1) is 11.5. The Labute approximate surface area is 141 Å². The topological polar surface area (TPSA) is 71.7 Å². The van der Waals surface area contributed by atoms with Crippen LogP contribution in [-0.2, 0) is 11.3 Å². The smallest absolute Gasteiger partial charge is 0.193 e. The van der Waals surface area contributed by atoms with Gasteiger partial charge in [0.2, 0.25) is 0 Å². The Hall–Kier alpha value is -1.69. The lowest BCUT2D eigenvalue weighted by Crippen LogP contribution is -2.26. The van der Waals surface area contributed by atoms with E-state index in [1.54, 1.807) is 6.20 Å². The summed E-state index contributed by atoms with van der Waals surface area (Å²) in [6.45, 7) is 4.33. The first kappa shape index (κ1) is 17.1. The summed E-state index contributed by atoms with van der Waals surface area (Å²) in [7, 11) is 0. The second-order valence-electron chi connectivity index (χ2n) is 6.77. The highest BCUT2D eigenvalue weighted by atomic mass is 16.5. The summed E-state index contributed by atoms with van der Waals surface area (Å²) in [6.07, 6.45) is 10.6. The van der Waals surface area contributed by atoms with Gasteiger partial charge in [0.05, 0.1) is 5.56 Å². The molecule has 2 aliphatic rings. The van der Waals surface area contributed by atoms with E-state index in [1.165, 1.54) is 5.57 Å². The van der Waals surface area contributed by atoms with Gasteiger partial charge in [0.1, 0.15) is 0 Å². The second-order valence-corrected chi connectivity index (χ2v) is 6.77. The number of pyridine rings is 1. The molecule has 1 aliphatic carbocycles. The maximum Gasteiger partial charge on any atom is 0.193 e. The quantitative estimate of drug-likeness (QED) is 0.830. The molecule has 0 saturated carbocycles. The largest absolute Gasteiger partial charge is 0.381 e. The maximum atomic E-state index is 12.6. The van der Waals surface area contributed by atoms with Crippen molar-refractivity contribution in [3.8, 4) is 0 Å². The number of nitrogens with zero attached hydrogens (tertiary/aromatic N) is 1. The van der Waals surface area contributed by atoms with Crippen LogP contribution in [0, 0.1) is 5.92 Å². The van der Waals surface area contributed by atoms with Crippen molar-refractivity contribution < 1.29 is 14.9 Å². The van der Waals surface area contributed by atoms with Crippen molar-refractivity contribution in [1.29, 1.82) is 0 Å². The number of aliphatic hydroxyl groups excluding tert-OH is 1. The zero-order chi connectivity index (χ0) is 17.1. The van der Waals surface area contributed by atoms with Gasteiger partial charge in [-0.15, -0.1) is 0 Å². The van der Waals surface area contributed by atoms with Gasteiger partial charge in [-0.1, -0.05) is 23.8 Å². The molecule has 3 rings (SSSR count). The first-order valence-electron chi connectivity index (χ1n) is 8.57. The van der Waals surface area contributed by atoms with Crippen molar-refractivity contribution in [2.75, 3.05) is 13.2 Å². The fourth-order valence-corrected chi connectivity index (χ4v) is 3.42. The lowest BCUT2D eigenvalue weighted by molar-refractivity contribution is -0.0438. The number of aromatic nitrogens is 1. The summed E-state index contributed by atoms with van der Waals surface area (Å²) in [5.74, 6) is 0.475. The molecule has 0 aromatic carbocycles. The first-order valence-corrected chi connectivity index (χ1v) is 8.57. The van der Waals surface area contributed by atoms with E-state index in [0.29, 0.717) is 11.5 Å². The van der Waals surface area contributed by atoms with Gasteiger partial charge in [-0.05, 0) is 32.1 Å². The van der Waals surface area contributed by atoms with Gasteiger partial charge < -0.3 is 19.5 Å². The minimum Gasteiger partial charge on any atom is -0.381 e. The van der Waals surface area contributed by atoms with Crippen LogP contribution < -0.4 is 5.43 Å². The molecule has 2 N–H and O–H groups in total. The molecule has 5 heteroatoms. The van der Waals surface area contributed by atoms with E-state index in [-0.39, 0.29) is 16.9 Å². The highest BCUT2D eigenvalue weighted by molar-refractivity contribution is 5.33. The molecule has 1 aliphatic heterocycles. The molecule has 2 heterocycles. The molecule has 1 unspecified atom stereocenters. The molecule has 1 aromatic rings. The molecular formula is C19H25NO4. The van der Waals surface area contributed by atoms with E-state index in [1.807, 2.05) is 29.8 Å². The Kier molecular flexibility index (Phi) is 5.33. The predicted octanol–water partition coefficient (Wildman–Crippen LogP) is 2.25. The predicted molar refractivity (Wildman–Crippen MR) is 91.7 cm³/mol. The van der Waals surface area contributed by atoms with Crippen LogP contribution in [0.5, 0.6) is 0 Å². The summed E-state index contributed by atoms with van der Waals surface area (Å²) >= 11 is 0. The third-order valence-electron chi connectivity index (χ3n) is 4.91. The van der Waals surface area contributed by atoms with Crippen molar-refractivity contribution in [2.24, 2.45) is 5.92 Å². The van der Waals surface area contributed by atoms with Gasteiger partial charge in [-0.25, -0.2) is 0 Å². The fourth-order valence-electron chi connectivity index (χ4n) is 3.42. The molecular weight excluding hydrogens is 306 g/mol. The summed E-state index contributed by atoms with van der Waals surface area (Å²) in [6, 6.07) is 0. The van der Waals surface area contributed by atoms with Crippen LogP contribution in [0.15, 0.2) is 41.0 Å². The minimum absolute atomic E-state index is 0.0131. The summed E-state index contributed by atoms with van der Waals surface area (Å²) in [4.78, 5) is 12.6. The molecule has 5 nitrogen and oxygen atoms in total. The van der Waals surface area contributed by atoms with E-state index in [0.717, 1.165) is 39.0 Å². The number of hydrogen-bond acceptors (Lipinski definition) is 4. The SMILES string of the molecule is CC1=CCC(c2cn(CC3CCOCC3)cc(C(O)O)c2=O)C=C1. The molecule has 1 fully saturated rings. The molecule has 0 bridgehead atoms. The van der Waals surface area contributed by atoms with Gasteiger partial charge >= 0.3 is 0 Å². The number of aliphatic hydroxyl groups is 2. The summed E-state index contributed by atoms with van der Waals surface area (Å²) in [5, 5.41) is 19.2. The second kappa shape index (κ2) is 7.47. The average molecular weight is 331 g/mol. The number of rotatable bonds is 4. The van der Waals surface area contributed by atoms with Gasteiger partial charge in [0.25, 0.3) is 0 Å². The van der Waals surface area contributed by atoms with Crippen LogP contribution in [0.4, 0.5) is 0 Å². The van der Waals surface area contributed by atoms with E-state index in [4.69, 9.17) is 4.74 Å². The van der Waals surface area contributed by atoms with Gasteiger partial charge in [0, 0.05) is 43.6 Å². The zero-order valence-electron chi connectivity index (χ0n) is 14.0. The van der Waals surface area contributed by atoms with Gasteiger partial charge in [0.15, 0.2) is 11.7 Å². The molecule has 24 heavy (non-hydrogen) atoms. The van der Waals surface area contributed by atoms with Crippen LogP contribution in [0.2, 0.25) is 0 Å². The third-order valence-corrected chi connectivity index (χ3v) is 4.91. The Balaban J connectivity index is 1.92. The van der Waals surface area contributed by atoms with Crippen LogP contribution >= 0.6 is 0 Å². The third kappa shape index (κ3) is 3.86. The zero-order valence-corrected chi connectivity index (χ0v) is 14.0. The normalized spacial score (nSPS) is 22.0. The highest BCUT2D eigenvalue weighted by Gasteiger charge is 2.21. The Morgan fingerprint density at radius 3 is 2.67 bits per heavy atom. The van der Waals surface area contributed by atoms with Crippen LogP contribution in [0.1, 0.15) is 49.5 Å². The minimum atomic E-state index is -1.75. The standard InChI is InChI=1S/C19H25NO4/c1-13-2-4-15(5-3-13)16-11-20(10-14-6-8-24-9-7-14)12-17(18(16)21)19(22)23/h2-4,11-12,14-15,19,22-23H,5-10H2,1H3. The average Bonchev–Trinajstić information content (AvgIpc) is 2.58. The molecule has 0 radical (unpaired) electrons. The van der Waals surface area contributed by atoms with Crippen LogP contribution in [0.25, 0.3) is 0 Å². The Morgan fingerprint density at radius 2 is 2.04 bits per heavy atom. The summed E-state index contributed by atoms with van der Waals surface area (Å²) < 4.78 is 7.34. The lowest BCUT2D eigenvalue weighted by Gasteiger charge is -2.25. The van der Waals surface area contributed by atoms with Crippen molar-refractivity contribution in [3.05, 3.63) is 57.5 Å². The number of ether oxygens (including phenoxy) is 1. The monoisotopic (exact) mass is 331 g/mol. The van der Waals surface area contributed by atoms with Gasteiger partial charge in [-0.3, -0.25) is 4.79 Å². The number of hydrogen-bond donors (Lipinski definition) is 2. The summed E-state index contributed by atoms with van der Waals surface area (Å²) in [5.41, 5.74) is 1.61. The van der Waals surface area contributed by atoms with E-state index in [2.05, 4.69) is 6.08 Å². The highest BCUT2D eigenvalue weighted by Crippen LogP contribution is 2.26. The molecule has 1 saturated heterocycles. The Morgan fingerprint density at radius 1 is 1.29 bits per heavy atom. The van der Waals surface area contributed by atoms with Crippen LogP contribution in [-0.4, -0.2) is 28.0 Å². The maximum absolute atomic E-state index is 12.6. The molecule has 130 valence electrons. The molecule has 0 amide bonds.